The maximum absolute atomic E-state index is 8.96. The molecule has 1 heterocycles. The minimum atomic E-state index is -0.357. The molecular formula is C10H17N3O. The number of rotatable bonds is 5. The molecule has 1 aromatic rings. The van der Waals surface area contributed by atoms with E-state index in [1.165, 1.54) is 0 Å². The van der Waals surface area contributed by atoms with E-state index in [1.54, 1.807) is 12.5 Å². The Balaban J connectivity index is 2.85. The van der Waals surface area contributed by atoms with Gasteiger partial charge in [-0.3, -0.25) is 0 Å². The lowest BCUT2D eigenvalue weighted by Gasteiger charge is -2.17. The van der Waals surface area contributed by atoms with Crippen molar-refractivity contribution in [2.45, 2.75) is 25.4 Å². The van der Waals surface area contributed by atoms with Crippen LogP contribution < -0.4 is 5.73 Å². The van der Waals surface area contributed by atoms with Gasteiger partial charge in [-0.25, -0.2) is 4.98 Å². The molecule has 0 amide bonds. The highest BCUT2D eigenvalue weighted by Crippen LogP contribution is 2.17. The highest BCUT2D eigenvalue weighted by molar-refractivity contribution is 5.06. The molecule has 0 aliphatic carbocycles. The number of hydrogen-bond donors (Lipinski definition) is 2. The van der Waals surface area contributed by atoms with Crippen molar-refractivity contribution in [1.82, 2.24) is 9.55 Å². The standard InChI is InChI=1S/C10H17N3O/c1-3-4-8(2)13-7-12-5-10(13)9(11)6-14/h3,5,7-9,14H,1,4,6,11H2,2H3. The van der Waals surface area contributed by atoms with Crippen molar-refractivity contribution in [3.8, 4) is 0 Å². The normalized spacial score (nSPS) is 15.1. The molecule has 0 radical (unpaired) electrons. The summed E-state index contributed by atoms with van der Waals surface area (Å²) in [7, 11) is 0. The fraction of sp³-hybridized carbons (Fsp3) is 0.500. The molecule has 0 bridgehead atoms. The van der Waals surface area contributed by atoms with Gasteiger partial charge in [-0.1, -0.05) is 6.08 Å². The smallest absolute Gasteiger partial charge is 0.0951 e. The fourth-order valence-electron chi connectivity index (χ4n) is 1.42. The molecule has 4 nitrogen and oxygen atoms in total. The van der Waals surface area contributed by atoms with E-state index in [0.717, 1.165) is 12.1 Å². The van der Waals surface area contributed by atoms with Gasteiger partial charge in [0.1, 0.15) is 0 Å². The van der Waals surface area contributed by atoms with Crippen LogP contribution >= 0.6 is 0 Å². The lowest BCUT2D eigenvalue weighted by molar-refractivity contribution is 0.261. The Morgan fingerprint density at radius 2 is 2.50 bits per heavy atom. The lowest BCUT2D eigenvalue weighted by Crippen LogP contribution is -2.20. The summed E-state index contributed by atoms with van der Waals surface area (Å²) in [5.74, 6) is 0. The Bertz CT molecular complexity index is 295. The Kier molecular flexibility index (Phi) is 3.85. The van der Waals surface area contributed by atoms with Crippen molar-refractivity contribution < 1.29 is 5.11 Å². The van der Waals surface area contributed by atoms with E-state index in [-0.39, 0.29) is 18.7 Å². The number of aliphatic hydroxyl groups excluding tert-OH is 1. The van der Waals surface area contributed by atoms with Crippen molar-refractivity contribution in [2.75, 3.05) is 6.61 Å². The number of aromatic nitrogens is 2. The molecule has 0 saturated carbocycles. The molecule has 1 aromatic heterocycles. The van der Waals surface area contributed by atoms with Gasteiger partial charge in [0.05, 0.1) is 24.7 Å². The zero-order valence-corrected chi connectivity index (χ0v) is 8.43. The van der Waals surface area contributed by atoms with E-state index in [0.29, 0.717) is 0 Å². The lowest BCUT2D eigenvalue weighted by atomic mass is 10.2. The molecule has 0 saturated heterocycles. The van der Waals surface area contributed by atoms with Crippen LogP contribution in [-0.2, 0) is 0 Å². The van der Waals surface area contributed by atoms with Crippen molar-refractivity contribution in [3.05, 3.63) is 30.9 Å². The van der Waals surface area contributed by atoms with Crippen molar-refractivity contribution in [3.63, 3.8) is 0 Å². The molecule has 2 unspecified atom stereocenters. The van der Waals surface area contributed by atoms with Crippen LogP contribution in [-0.4, -0.2) is 21.3 Å². The summed E-state index contributed by atoms with van der Waals surface area (Å²) < 4.78 is 1.97. The topological polar surface area (TPSA) is 64.1 Å². The highest BCUT2D eigenvalue weighted by Gasteiger charge is 2.13. The second-order valence-electron chi connectivity index (χ2n) is 3.39. The second kappa shape index (κ2) is 4.93. The summed E-state index contributed by atoms with van der Waals surface area (Å²) in [6, 6.07) is -0.0765. The number of allylic oxidation sites excluding steroid dienone is 1. The minimum Gasteiger partial charge on any atom is -0.394 e. The maximum Gasteiger partial charge on any atom is 0.0951 e. The third-order valence-corrected chi connectivity index (χ3v) is 2.26. The third-order valence-electron chi connectivity index (χ3n) is 2.26. The number of hydrogen-bond acceptors (Lipinski definition) is 3. The zero-order valence-electron chi connectivity index (χ0n) is 8.43. The maximum atomic E-state index is 8.96. The molecule has 14 heavy (non-hydrogen) atoms. The van der Waals surface area contributed by atoms with Crippen molar-refractivity contribution >= 4 is 0 Å². The van der Waals surface area contributed by atoms with Gasteiger partial charge >= 0.3 is 0 Å². The molecule has 0 aliphatic rings. The molecule has 78 valence electrons. The van der Waals surface area contributed by atoms with Crippen LogP contribution in [0.15, 0.2) is 25.2 Å². The van der Waals surface area contributed by atoms with Gasteiger partial charge in [-0.15, -0.1) is 6.58 Å². The average molecular weight is 195 g/mol. The quantitative estimate of drug-likeness (QED) is 0.689. The van der Waals surface area contributed by atoms with Crippen LogP contribution in [0, 0.1) is 0 Å². The summed E-state index contributed by atoms with van der Waals surface area (Å²) in [4.78, 5) is 4.03. The molecule has 2 atom stereocenters. The second-order valence-corrected chi connectivity index (χ2v) is 3.39. The van der Waals surface area contributed by atoms with Crippen LogP contribution in [0.4, 0.5) is 0 Å². The van der Waals surface area contributed by atoms with E-state index in [4.69, 9.17) is 10.8 Å². The largest absolute Gasteiger partial charge is 0.394 e. The first-order valence-electron chi connectivity index (χ1n) is 4.69. The molecule has 4 heteroatoms. The van der Waals surface area contributed by atoms with Gasteiger partial charge in [-0.05, 0) is 13.3 Å². The summed E-state index contributed by atoms with van der Waals surface area (Å²) in [6.07, 6.45) is 6.15. The van der Waals surface area contributed by atoms with Crippen LogP contribution in [0.3, 0.4) is 0 Å². The predicted molar refractivity (Wildman–Crippen MR) is 55.8 cm³/mol. The van der Waals surface area contributed by atoms with Crippen LogP contribution in [0.2, 0.25) is 0 Å². The van der Waals surface area contributed by atoms with Gasteiger partial charge in [0, 0.05) is 12.2 Å². The monoisotopic (exact) mass is 195 g/mol. The molecule has 1 rings (SSSR count). The molecular weight excluding hydrogens is 178 g/mol. The number of nitrogens with two attached hydrogens (primary N) is 1. The Labute approximate surface area is 84.1 Å². The molecule has 3 N–H and O–H groups in total. The first-order valence-corrected chi connectivity index (χ1v) is 4.69. The first-order chi connectivity index (χ1) is 6.70. The molecule has 0 fully saturated rings. The number of aliphatic hydroxyl groups is 1. The number of imidazole rings is 1. The SMILES string of the molecule is C=CCC(C)n1cncc1C(N)CO. The van der Waals surface area contributed by atoms with Crippen molar-refractivity contribution in [1.29, 1.82) is 0 Å². The van der Waals surface area contributed by atoms with Gasteiger partial charge in [0.15, 0.2) is 0 Å². The van der Waals surface area contributed by atoms with Crippen molar-refractivity contribution in [2.24, 2.45) is 5.73 Å². The van der Waals surface area contributed by atoms with E-state index in [2.05, 4.69) is 18.5 Å². The fourth-order valence-corrected chi connectivity index (χ4v) is 1.42. The zero-order chi connectivity index (χ0) is 10.6. The van der Waals surface area contributed by atoms with E-state index < -0.39 is 0 Å². The highest BCUT2D eigenvalue weighted by atomic mass is 16.3. The molecule has 0 spiro atoms. The molecule has 0 aromatic carbocycles. The number of nitrogens with zero attached hydrogens (tertiary/aromatic N) is 2. The molecule has 0 aliphatic heterocycles. The van der Waals surface area contributed by atoms with Crippen LogP contribution in [0.1, 0.15) is 31.1 Å². The Morgan fingerprint density at radius 3 is 3.07 bits per heavy atom. The van der Waals surface area contributed by atoms with Gasteiger partial charge in [0.25, 0.3) is 0 Å². The predicted octanol–water partition coefficient (Wildman–Crippen LogP) is 1.01. The van der Waals surface area contributed by atoms with Gasteiger partial charge in [0.2, 0.25) is 0 Å². The Hall–Kier alpha value is -1.13. The summed E-state index contributed by atoms with van der Waals surface area (Å²) in [5.41, 5.74) is 6.60. The summed E-state index contributed by atoms with van der Waals surface area (Å²) >= 11 is 0. The van der Waals surface area contributed by atoms with Crippen LogP contribution in [0.25, 0.3) is 0 Å². The van der Waals surface area contributed by atoms with Gasteiger partial charge < -0.3 is 15.4 Å². The van der Waals surface area contributed by atoms with E-state index in [1.807, 2.05) is 10.6 Å². The summed E-state index contributed by atoms with van der Waals surface area (Å²) in [5, 5.41) is 8.96. The van der Waals surface area contributed by atoms with Crippen LogP contribution in [0.5, 0.6) is 0 Å². The summed E-state index contributed by atoms with van der Waals surface area (Å²) in [6.45, 7) is 5.69. The average Bonchev–Trinajstić information content (AvgIpc) is 2.65. The third kappa shape index (κ3) is 2.21. The van der Waals surface area contributed by atoms with E-state index >= 15 is 0 Å². The minimum absolute atomic E-state index is 0.0630. The Morgan fingerprint density at radius 1 is 1.79 bits per heavy atom. The first kappa shape index (κ1) is 10.9. The van der Waals surface area contributed by atoms with E-state index in [9.17, 15) is 0 Å². The van der Waals surface area contributed by atoms with Gasteiger partial charge in [-0.2, -0.15) is 0 Å².